The van der Waals surface area contributed by atoms with Gasteiger partial charge in [-0.3, -0.25) is 0 Å². The van der Waals surface area contributed by atoms with E-state index in [2.05, 4.69) is 48.4 Å². The Morgan fingerprint density at radius 2 is 1.54 bits per heavy atom. The van der Waals surface area contributed by atoms with E-state index in [-0.39, 0.29) is 49.6 Å². The molecule has 0 heterocycles. The molecule has 2 N–H and O–H groups in total. The van der Waals surface area contributed by atoms with E-state index in [1.54, 1.807) is 0 Å². The lowest BCUT2D eigenvalue weighted by atomic mass is 9.85. The van der Waals surface area contributed by atoms with Crippen LogP contribution in [0.3, 0.4) is 0 Å². The number of likely N-dealkylation sites (N-methyl/N-ethyl adjacent to an activating group) is 1. The molecule has 4 nitrogen and oxygen atoms in total. The van der Waals surface area contributed by atoms with Crippen molar-refractivity contribution in [3.63, 3.8) is 0 Å². The van der Waals surface area contributed by atoms with Gasteiger partial charge in [0, 0.05) is 12.1 Å². The highest BCUT2D eigenvalue weighted by atomic mass is 35.5. The summed E-state index contributed by atoms with van der Waals surface area (Å²) in [4.78, 5) is 4.96. The van der Waals surface area contributed by atoms with E-state index in [0.717, 1.165) is 38.3 Å². The van der Waals surface area contributed by atoms with E-state index in [1.165, 1.54) is 38.8 Å². The molecule has 152 valence electrons. The summed E-state index contributed by atoms with van der Waals surface area (Å²) in [6.07, 6.45) is 5.24. The van der Waals surface area contributed by atoms with Crippen molar-refractivity contribution in [3.8, 4) is 0 Å². The summed E-state index contributed by atoms with van der Waals surface area (Å²) < 4.78 is 0. The molecule has 8 heteroatoms. The standard InChI is InChI=1S/C16H36N4.4ClH2/c1-5-17-11-7-12-18-15-9-10-16(15)20(4)14-8-13-19(3)6-2;;;;/h15-18H,5-14H2,1-4H3;4*1H2/q;4*+1. The molecule has 0 amide bonds. The van der Waals surface area contributed by atoms with Crippen LogP contribution in [0, 0.1) is 49.6 Å². The molecule has 0 aliphatic heterocycles. The van der Waals surface area contributed by atoms with Crippen molar-refractivity contribution in [1.82, 2.24) is 20.4 Å². The van der Waals surface area contributed by atoms with Crippen LogP contribution in [0.5, 0.6) is 0 Å². The third kappa shape index (κ3) is 13.2. The summed E-state index contributed by atoms with van der Waals surface area (Å²) in [6.45, 7) is 11.4. The minimum absolute atomic E-state index is 0. The maximum absolute atomic E-state index is 3.73. The number of nitrogens with zero attached hydrogens (tertiary/aromatic N) is 2. The van der Waals surface area contributed by atoms with Gasteiger partial charge in [-0.05, 0) is 79.0 Å². The average molecular weight is 434 g/mol. The molecular formula is C16H44Cl4N4+4. The predicted molar refractivity (Wildman–Crippen MR) is 99.6 cm³/mol. The van der Waals surface area contributed by atoms with Gasteiger partial charge in [-0.1, -0.05) is 13.8 Å². The van der Waals surface area contributed by atoms with Gasteiger partial charge < -0.3 is 20.4 Å². The Hall–Kier alpha value is 1.00. The Labute approximate surface area is 174 Å². The van der Waals surface area contributed by atoms with Crippen molar-refractivity contribution >= 4 is 0 Å². The fourth-order valence-corrected chi connectivity index (χ4v) is 2.84. The van der Waals surface area contributed by atoms with Crippen molar-refractivity contribution in [2.75, 3.05) is 53.4 Å². The monoisotopic (exact) mass is 432 g/mol. The zero-order chi connectivity index (χ0) is 14.8. The van der Waals surface area contributed by atoms with Gasteiger partial charge >= 0.3 is 0 Å². The van der Waals surface area contributed by atoms with Gasteiger partial charge in [0.05, 0.1) is 49.6 Å². The molecule has 0 aromatic carbocycles. The van der Waals surface area contributed by atoms with Crippen LogP contribution in [-0.4, -0.2) is 75.2 Å². The zero-order valence-electron chi connectivity index (χ0n) is 15.9. The summed E-state index contributed by atoms with van der Waals surface area (Å²) >= 11 is 0. The second-order valence-electron chi connectivity index (χ2n) is 6.14. The molecule has 1 fully saturated rings. The summed E-state index contributed by atoms with van der Waals surface area (Å²) in [6, 6.07) is 1.49. The number of hydrogen-bond acceptors (Lipinski definition) is 4. The van der Waals surface area contributed by atoms with Gasteiger partial charge in [-0.25, -0.2) is 0 Å². The van der Waals surface area contributed by atoms with Crippen LogP contribution in [0.1, 0.15) is 39.5 Å². The molecule has 0 radical (unpaired) electrons. The minimum atomic E-state index is 0. The van der Waals surface area contributed by atoms with Crippen molar-refractivity contribution in [3.05, 3.63) is 0 Å². The second kappa shape index (κ2) is 20.3. The first kappa shape index (κ1) is 32.7. The first-order valence-corrected chi connectivity index (χ1v) is 8.51. The van der Waals surface area contributed by atoms with Gasteiger partial charge in [-0.2, -0.15) is 0 Å². The van der Waals surface area contributed by atoms with Crippen LogP contribution in [0.2, 0.25) is 0 Å². The van der Waals surface area contributed by atoms with Crippen molar-refractivity contribution in [2.24, 2.45) is 0 Å². The molecule has 1 rings (SSSR count). The lowest BCUT2D eigenvalue weighted by molar-refractivity contribution is -0.00100. The second-order valence-corrected chi connectivity index (χ2v) is 6.14. The first-order valence-electron chi connectivity index (χ1n) is 8.51. The van der Waals surface area contributed by atoms with E-state index in [0.29, 0.717) is 0 Å². The Morgan fingerprint density at radius 3 is 2.04 bits per heavy atom. The van der Waals surface area contributed by atoms with E-state index >= 15 is 0 Å². The maximum atomic E-state index is 3.73. The summed E-state index contributed by atoms with van der Waals surface area (Å²) in [5.74, 6) is 0. The predicted octanol–water partition coefficient (Wildman–Crippen LogP) is -0.761. The number of hydrogen-bond donors (Lipinski definition) is 2. The SMILES string of the molecule is CCNCCCNC1CCC1N(C)CCCN(C)CC.[ClH2+].[ClH2+].[ClH2+].[ClH2+]. The molecule has 0 bridgehead atoms. The topological polar surface area (TPSA) is 30.5 Å². The fraction of sp³-hybridized carbons (Fsp3) is 1.00. The Bertz CT molecular complexity index is 250. The smallest absolute Gasteiger partial charge is 0.0903 e. The fourth-order valence-electron chi connectivity index (χ4n) is 2.84. The van der Waals surface area contributed by atoms with Crippen LogP contribution in [-0.2, 0) is 0 Å². The Kier molecular flexibility index (Phi) is 27.6. The maximum Gasteiger partial charge on any atom is 0.0903 e. The molecule has 0 spiro atoms. The molecule has 2 atom stereocenters. The van der Waals surface area contributed by atoms with Gasteiger partial charge in [0.15, 0.2) is 0 Å². The molecule has 1 aliphatic carbocycles. The molecule has 0 saturated heterocycles. The van der Waals surface area contributed by atoms with E-state index < -0.39 is 0 Å². The van der Waals surface area contributed by atoms with Crippen molar-refractivity contribution in [2.45, 2.75) is 51.6 Å². The summed E-state index contributed by atoms with van der Waals surface area (Å²) in [5.41, 5.74) is 0. The molecule has 1 saturated carbocycles. The third-order valence-corrected chi connectivity index (χ3v) is 4.58. The summed E-state index contributed by atoms with van der Waals surface area (Å²) in [7, 11) is 4.50. The normalized spacial score (nSPS) is 18.8. The van der Waals surface area contributed by atoms with Crippen LogP contribution in [0.25, 0.3) is 0 Å². The highest BCUT2D eigenvalue weighted by Crippen LogP contribution is 2.24. The quantitative estimate of drug-likeness (QED) is 0.396. The molecule has 2 unspecified atom stereocenters. The first-order chi connectivity index (χ1) is 9.69. The number of nitrogens with one attached hydrogen (secondary N) is 2. The van der Waals surface area contributed by atoms with Crippen LogP contribution < -0.4 is 10.6 Å². The van der Waals surface area contributed by atoms with Crippen LogP contribution >= 0.6 is 0 Å². The number of halogens is 4. The molecule has 24 heavy (non-hydrogen) atoms. The van der Waals surface area contributed by atoms with E-state index in [9.17, 15) is 0 Å². The molecular weight excluding hydrogens is 390 g/mol. The molecule has 0 aromatic heterocycles. The highest BCUT2D eigenvalue weighted by molar-refractivity contribution is 4.93. The van der Waals surface area contributed by atoms with Crippen molar-refractivity contribution in [1.29, 1.82) is 0 Å². The van der Waals surface area contributed by atoms with Crippen LogP contribution in [0.15, 0.2) is 0 Å². The Morgan fingerprint density at radius 1 is 0.875 bits per heavy atom. The van der Waals surface area contributed by atoms with Crippen LogP contribution in [0.4, 0.5) is 0 Å². The average Bonchev–Trinajstić information content (AvgIpc) is 2.41. The molecule has 1 aliphatic rings. The highest BCUT2D eigenvalue weighted by Gasteiger charge is 2.32. The third-order valence-electron chi connectivity index (χ3n) is 4.58. The lowest BCUT2D eigenvalue weighted by Crippen LogP contribution is -2.56. The van der Waals surface area contributed by atoms with Gasteiger partial charge in [0.1, 0.15) is 0 Å². The van der Waals surface area contributed by atoms with E-state index in [1.807, 2.05) is 0 Å². The summed E-state index contributed by atoms with van der Waals surface area (Å²) in [5, 5.41) is 7.11. The lowest BCUT2D eigenvalue weighted by Gasteiger charge is -2.43. The van der Waals surface area contributed by atoms with E-state index in [4.69, 9.17) is 0 Å². The van der Waals surface area contributed by atoms with Gasteiger partial charge in [0.2, 0.25) is 0 Å². The van der Waals surface area contributed by atoms with Crippen molar-refractivity contribution < 1.29 is 49.6 Å². The molecule has 0 aromatic rings. The van der Waals surface area contributed by atoms with Gasteiger partial charge in [-0.15, -0.1) is 0 Å². The van der Waals surface area contributed by atoms with Gasteiger partial charge in [0.25, 0.3) is 0 Å². The largest absolute Gasteiger partial charge is 0.317 e. The Balaban J connectivity index is -0.000000500. The minimum Gasteiger partial charge on any atom is -0.317 e. The number of rotatable bonds is 12. The zero-order valence-corrected chi connectivity index (χ0v) is 19.5.